The summed E-state index contributed by atoms with van der Waals surface area (Å²) < 4.78 is 38.0. The fourth-order valence-electron chi connectivity index (χ4n) is 1.15. The van der Waals surface area contributed by atoms with Crippen molar-refractivity contribution in [2.75, 3.05) is 5.73 Å². The molecule has 3 nitrogen and oxygen atoms in total. The van der Waals surface area contributed by atoms with Crippen LogP contribution in [0.1, 0.15) is 18.5 Å². The van der Waals surface area contributed by atoms with Gasteiger partial charge in [-0.25, -0.2) is 0 Å². The molecule has 0 fully saturated rings. The zero-order valence-electron chi connectivity index (χ0n) is 7.26. The second kappa shape index (κ2) is 2.93. The predicted octanol–water partition coefficient (Wildman–Crippen LogP) is 1.67. The van der Waals surface area contributed by atoms with E-state index < -0.39 is 12.1 Å². The maximum Gasteiger partial charge on any atom is 0.397 e. The molecule has 0 aliphatic heterocycles. The van der Waals surface area contributed by atoms with Crippen molar-refractivity contribution in [2.45, 2.75) is 19.0 Å². The number of alkyl halides is 3. The third-order valence-electron chi connectivity index (χ3n) is 1.92. The Labute approximate surface area is 73.3 Å². The van der Waals surface area contributed by atoms with Crippen LogP contribution in [0.5, 0.6) is 0 Å². The second-order valence-corrected chi connectivity index (χ2v) is 2.87. The average molecular weight is 193 g/mol. The number of hydrogen-bond donors (Lipinski definition) is 1. The lowest BCUT2D eigenvalue weighted by Crippen LogP contribution is -2.21. The Bertz CT molecular complexity index is 283. The quantitative estimate of drug-likeness (QED) is 0.737. The van der Waals surface area contributed by atoms with Crippen molar-refractivity contribution in [2.24, 2.45) is 7.05 Å². The third-order valence-corrected chi connectivity index (χ3v) is 1.92. The topological polar surface area (TPSA) is 43.8 Å². The summed E-state index contributed by atoms with van der Waals surface area (Å²) in [5.41, 5.74) is 5.44. The van der Waals surface area contributed by atoms with Gasteiger partial charge in [0.05, 0.1) is 23.5 Å². The van der Waals surface area contributed by atoms with Crippen molar-refractivity contribution in [3.05, 3.63) is 11.9 Å². The Kier molecular flexibility index (Phi) is 2.23. The smallest absolute Gasteiger partial charge is 0.396 e. The van der Waals surface area contributed by atoms with E-state index in [9.17, 15) is 13.2 Å². The Hall–Kier alpha value is -1.20. The first-order valence-corrected chi connectivity index (χ1v) is 3.68. The number of aryl methyl sites for hydroxylation is 1. The van der Waals surface area contributed by atoms with Gasteiger partial charge in [-0.3, -0.25) is 4.68 Å². The number of halogens is 3. The molecular formula is C7H10F3N3. The number of hydrogen-bond acceptors (Lipinski definition) is 2. The molecule has 74 valence electrons. The average Bonchev–Trinajstić information content (AvgIpc) is 2.28. The Morgan fingerprint density at radius 3 is 2.38 bits per heavy atom. The summed E-state index contributed by atoms with van der Waals surface area (Å²) in [7, 11) is 1.44. The first-order chi connectivity index (χ1) is 5.84. The molecule has 1 atom stereocenters. The molecule has 0 aliphatic carbocycles. The first kappa shape index (κ1) is 9.88. The number of anilines is 1. The number of nitrogens with two attached hydrogens (primary N) is 1. The SMILES string of the molecule is CC(c1c(N)cnn1C)C(F)(F)F. The molecule has 0 amide bonds. The van der Waals surface area contributed by atoms with Crippen LogP contribution in [-0.2, 0) is 7.05 Å². The Morgan fingerprint density at radius 1 is 1.54 bits per heavy atom. The molecule has 0 bridgehead atoms. The number of nitrogens with zero attached hydrogens (tertiary/aromatic N) is 2. The lowest BCUT2D eigenvalue weighted by molar-refractivity contribution is -0.147. The molecule has 6 heteroatoms. The fourth-order valence-corrected chi connectivity index (χ4v) is 1.15. The van der Waals surface area contributed by atoms with Gasteiger partial charge in [0.15, 0.2) is 0 Å². The monoisotopic (exact) mass is 193 g/mol. The van der Waals surface area contributed by atoms with E-state index in [0.29, 0.717) is 0 Å². The van der Waals surface area contributed by atoms with E-state index in [1.54, 1.807) is 0 Å². The summed E-state index contributed by atoms with van der Waals surface area (Å²) in [6, 6.07) is 0. The largest absolute Gasteiger partial charge is 0.397 e. The first-order valence-electron chi connectivity index (χ1n) is 3.68. The van der Waals surface area contributed by atoms with Gasteiger partial charge >= 0.3 is 6.18 Å². The van der Waals surface area contributed by atoms with Gasteiger partial charge in [0, 0.05) is 7.05 Å². The number of aromatic nitrogens is 2. The molecule has 1 unspecified atom stereocenters. The lowest BCUT2D eigenvalue weighted by atomic mass is 10.1. The minimum Gasteiger partial charge on any atom is -0.396 e. The van der Waals surface area contributed by atoms with Gasteiger partial charge in [0.1, 0.15) is 0 Å². The van der Waals surface area contributed by atoms with E-state index in [4.69, 9.17) is 5.73 Å². The summed E-state index contributed by atoms with van der Waals surface area (Å²) in [6.45, 7) is 1.06. The van der Waals surface area contributed by atoms with E-state index in [2.05, 4.69) is 5.10 Å². The third kappa shape index (κ3) is 1.76. The minimum absolute atomic E-state index is 0.00694. The highest BCUT2D eigenvalue weighted by Gasteiger charge is 2.39. The highest BCUT2D eigenvalue weighted by molar-refractivity contribution is 5.43. The van der Waals surface area contributed by atoms with Crippen LogP contribution >= 0.6 is 0 Å². The summed E-state index contributed by atoms with van der Waals surface area (Å²) in [5.74, 6) is -1.58. The van der Waals surface area contributed by atoms with Crippen molar-refractivity contribution in [1.82, 2.24) is 9.78 Å². The summed E-state index contributed by atoms with van der Waals surface area (Å²) in [6.07, 6.45) is -3.06. The van der Waals surface area contributed by atoms with Crippen molar-refractivity contribution >= 4 is 5.69 Å². The molecular weight excluding hydrogens is 183 g/mol. The highest BCUT2D eigenvalue weighted by Crippen LogP contribution is 2.36. The Morgan fingerprint density at radius 2 is 2.08 bits per heavy atom. The van der Waals surface area contributed by atoms with Crippen molar-refractivity contribution in [3.8, 4) is 0 Å². The van der Waals surface area contributed by atoms with Crippen molar-refractivity contribution in [3.63, 3.8) is 0 Å². The normalized spacial score (nSPS) is 14.5. The molecule has 0 aromatic carbocycles. The molecule has 2 N–H and O–H groups in total. The molecule has 1 heterocycles. The van der Waals surface area contributed by atoms with Crippen LogP contribution in [0.15, 0.2) is 6.20 Å². The standard InChI is InChI=1S/C7H10F3N3/c1-4(7(8,9)10)6-5(11)3-12-13(6)2/h3-4H,11H2,1-2H3. The molecule has 0 aliphatic rings. The van der Waals surface area contributed by atoms with E-state index in [-0.39, 0.29) is 11.4 Å². The zero-order chi connectivity index (χ0) is 10.2. The van der Waals surface area contributed by atoms with Gasteiger partial charge in [-0.2, -0.15) is 18.3 Å². The molecule has 13 heavy (non-hydrogen) atoms. The fraction of sp³-hybridized carbons (Fsp3) is 0.571. The zero-order valence-corrected chi connectivity index (χ0v) is 7.26. The molecule has 1 aromatic rings. The molecule has 0 saturated heterocycles. The van der Waals surface area contributed by atoms with Crippen LogP contribution in [0.2, 0.25) is 0 Å². The maximum atomic E-state index is 12.3. The summed E-state index contributed by atoms with van der Waals surface area (Å²) in [5, 5.41) is 3.64. The van der Waals surface area contributed by atoms with Crippen LogP contribution in [0.25, 0.3) is 0 Å². The van der Waals surface area contributed by atoms with Crippen molar-refractivity contribution < 1.29 is 13.2 Å². The van der Waals surface area contributed by atoms with Crippen LogP contribution < -0.4 is 5.73 Å². The van der Waals surface area contributed by atoms with Gasteiger partial charge < -0.3 is 5.73 Å². The molecule has 1 aromatic heterocycles. The molecule has 1 rings (SSSR count). The van der Waals surface area contributed by atoms with Gasteiger partial charge in [-0.15, -0.1) is 0 Å². The van der Waals surface area contributed by atoms with Gasteiger partial charge in [0.25, 0.3) is 0 Å². The highest BCUT2D eigenvalue weighted by atomic mass is 19.4. The lowest BCUT2D eigenvalue weighted by Gasteiger charge is -2.16. The van der Waals surface area contributed by atoms with Gasteiger partial charge in [-0.05, 0) is 6.92 Å². The number of rotatable bonds is 1. The maximum absolute atomic E-state index is 12.3. The second-order valence-electron chi connectivity index (χ2n) is 2.87. The number of nitrogen functional groups attached to an aromatic ring is 1. The van der Waals surface area contributed by atoms with E-state index in [0.717, 1.165) is 11.6 Å². The molecule has 0 saturated carbocycles. The van der Waals surface area contributed by atoms with Crippen LogP contribution in [0, 0.1) is 0 Å². The Balaban J connectivity index is 3.08. The van der Waals surface area contributed by atoms with Crippen LogP contribution in [0.4, 0.5) is 18.9 Å². The van der Waals surface area contributed by atoms with E-state index >= 15 is 0 Å². The summed E-state index contributed by atoms with van der Waals surface area (Å²) >= 11 is 0. The van der Waals surface area contributed by atoms with E-state index in [1.807, 2.05) is 0 Å². The van der Waals surface area contributed by atoms with Gasteiger partial charge in [-0.1, -0.05) is 0 Å². The molecule has 0 radical (unpaired) electrons. The summed E-state index contributed by atoms with van der Waals surface area (Å²) in [4.78, 5) is 0. The van der Waals surface area contributed by atoms with Gasteiger partial charge in [0.2, 0.25) is 0 Å². The van der Waals surface area contributed by atoms with Crippen molar-refractivity contribution in [1.29, 1.82) is 0 Å². The van der Waals surface area contributed by atoms with Crippen LogP contribution in [0.3, 0.4) is 0 Å². The molecule has 0 spiro atoms. The van der Waals surface area contributed by atoms with E-state index in [1.165, 1.54) is 13.2 Å². The van der Waals surface area contributed by atoms with Crippen LogP contribution in [-0.4, -0.2) is 16.0 Å². The predicted molar refractivity (Wildman–Crippen MR) is 42.1 cm³/mol. The minimum atomic E-state index is -4.28.